The first-order valence-corrected chi connectivity index (χ1v) is 7.26. The normalized spacial score (nSPS) is 30.8. The van der Waals surface area contributed by atoms with Crippen LogP contribution in [0.4, 0.5) is 0 Å². The maximum Gasteiger partial charge on any atom is 0.220 e. The van der Waals surface area contributed by atoms with Crippen molar-refractivity contribution in [2.75, 3.05) is 13.1 Å². The molecule has 0 aromatic heterocycles. The van der Waals surface area contributed by atoms with Crippen LogP contribution in [0.2, 0.25) is 0 Å². The zero-order chi connectivity index (χ0) is 12.1. The number of nitrogens with two attached hydrogens (primary N) is 1. The Morgan fingerprint density at radius 1 is 1.18 bits per heavy atom. The number of amides is 1. The molecular formula is C14H26N2O. The van der Waals surface area contributed by atoms with Gasteiger partial charge in [-0.2, -0.15) is 0 Å². The number of unbranched alkanes of at least 4 members (excludes halogenated alkanes) is 2. The molecule has 0 aromatic carbocycles. The molecule has 0 saturated heterocycles. The van der Waals surface area contributed by atoms with Gasteiger partial charge in [-0.15, -0.1) is 0 Å². The Kier molecular flexibility index (Phi) is 4.84. The Bertz CT molecular complexity index is 255. The highest BCUT2D eigenvalue weighted by atomic mass is 16.1. The molecule has 2 fully saturated rings. The maximum atomic E-state index is 11.8. The van der Waals surface area contributed by atoms with E-state index in [1.54, 1.807) is 0 Å². The fraction of sp³-hybridized carbons (Fsp3) is 0.929. The molecule has 1 amide bonds. The molecule has 3 unspecified atom stereocenters. The summed E-state index contributed by atoms with van der Waals surface area (Å²) in [7, 11) is 0. The smallest absolute Gasteiger partial charge is 0.220 e. The number of fused-ring (bicyclic) bond motifs is 2. The van der Waals surface area contributed by atoms with E-state index in [-0.39, 0.29) is 5.91 Å². The van der Waals surface area contributed by atoms with Crippen molar-refractivity contribution in [1.29, 1.82) is 0 Å². The van der Waals surface area contributed by atoms with Crippen LogP contribution in [0, 0.1) is 17.8 Å². The average Bonchev–Trinajstić information content (AvgIpc) is 2.90. The molecule has 3 atom stereocenters. The summed E-state index contributed by atoms with van der Waals surface area (Å²) >= 11 is 0. The third-order valence-electron chi connectivity index (χ3n) is 4.54. The highest BCUT2D eigenvalue weighted by molar-refractivity contribution is 5.76. The van der Waals surface area contributed by atoms with Gasteiger partial charge in [-0.05, 0) is 56.4 Å². The van der Waals surface area contributed by atoms with Crippen molar-refractivity contribution in [3.63, 3.8) is 0 Å². The van der Waals surface area contributed by atoms with E-state index in [4.69, 9.17) is 5.73 Å². The average molecular weight is 238 g/mol. The second kappa shape index (κ2) is 6.39. The molecule has 98 valence electrons. The van der Waals surface area contributed by atoms with Crippen LogP contribution in [0.3, 0.4) is 0 Å². The topological polar surface area (TPSA) is 55.1 Å². The fourth-order valence-corrected chi connectivity index (χ4v) is 3.61. The molecule has 2 bridgehead atoms. The Morgan fingerprint density at radius 2 is 2.06 bits per heavy atom. The van der Waals surface area contributed by atoms with Gasteiger partial charge in [0.05, 0.1) is 0 Å². The van der Waals surface area contributed by atoms with Gasteiger partial charge >= 0.3 is 0 Å². The van der Waals surface area contributed by atoms with Crippen LogP contribution in [-0.2, 0) is 4.79 Å². The van der Waals surface area contributed by atoms with Crippen LogP contribution in [0.1, 0.15) is 51.4 Å². The molecule has 3 nitrogen and oxygen atoms in total. The molecule has 3 heteroatoms. The van der Waals surface area contributed by atoms with Crippen molar-refractivity contribution in [3.05, 3.63) is 0 Å². The quantitative estimate of drug-likeness (QED) is 0.667. The van der Waals surface area contributed by atoms with Crippen molar-refractivity contribution >= 4 is 5.91 Å². The van der Waals surface area contributed by atoms with Crippen LogP contribution in [-0.4, -0.2) is 19.0 Å². The SMILES string of the molecule is NCCCCCNC(=O)CC1CC2CCC1C2. The number of carbonyl (C=O) groups excluding carboxylic acids is 1. The minimum absolute atomic E-state index is 0.273. The van der Waals surface area contributed by atoms with E-state index in [1.807, 2.05) is 0 Å². The maximum absolute atomic E-state index is 11.8. The van der Waals surface area contributed by atoms with Crippen LogP contribution >= 0.6 is 0 Å². The molecular weight excluding hydrogens is 212 g/mol. The third kappa shape index (κ3) is 3.70. The van der Waals surface area contributed by atoms with Gasteiger partial charge in [0.15, 0.2) is 0 Å². The molecule has 17 heavy (non-hydrogen) atoms. The highest BCUT2D eigenvalue weighted by Crippen LogP contribution is 2.49. The number of carbonyl (C=O) groups is 1. The van der Waals surface area contributed by atoms with Crippen molar-refractivity contribution in [1.82, 2.24) is 5.32 Å². The van der Waals surface area contributed by atoms with Crippen LogP contribution in [0.25, 0.3) is 0 Å². The van der Waals surface area contributed by atoms with Crippen LogP contribution < -0.4 is 11.1 Å². The van der Waals surface area contributed by atoms with Gasteiger partial charge in [-0.25, -0.2) is 0 Å². The molecule has 0 aliphatic heterocycles. The standard InChI is InChI=1S/C14H26N2O/c15-6-2-1-3-7-16-14(17)10-13-9-11-4-5-12(13)8-11/h11-13H,1-10,15H2,(H,16,17). The van der Waals surface area contributed by atoms with Gasteiger partial charge in [0.2, 0.25) is 5.91 Å². The summed E-state index contributed by atoms with van der Waals surface area (Å²) in [5.41, 5.74) is 5.43. The second-order valence-electron chi connectivity index (χ2n) is 5.84. The molecule has 0 heterocycles. The highest BCUT2D eigenvalue weighted by Gasteiger charge is 2.39. The lowest BCUT2D eigenvalue weighted by molar-refractivity contribution is -0.122. The van der Waals surface area contributed by atoms with E-state index < -0.39 is 0 Å². The van der Waals surface area contributed by atoms with Gasteiger partial charge in [-0.3, -0.25) is 4.79 Å². The van der Waals surface area contributed by atoms with E-state index in [2.05, 4.69) is 5.32 Å². The minimum atomic E-state index is 0.273. The van der Waals surface area contributed by atoms with Gasteiger partial charge in [0.25, 0.3) is 0 Å². The molecule has 2 aliphatic carbocycles. The number of nitrogens with one attached hydrogen (secondary N) is 1. The minimum Gasteiger partial charge on any atom is -0.356 e. The van der Waals surface area contributed by atoms with E-state index in [9.17, 15) is 4.79 Å². The van der Waals surface area contributed by atoms with Crippen LogP contribution in [0.5, 0.6) is 0 Å². The van der Waals surface area contributed by atoms with Crippen molar-refractivity contribution in [2.45, 2.75) is 51.4 Å². The predicted octanol–water partition coefficient (Wildman–Crippen LogP) is 2.06. The summed E-state index contributed by atoms with van der Waals surface area (Å²) in [5, 5.41) is 3.05. The summed E-state index contributed by atoms with van der Waals surface area (Å²) in [6.07, 6.45) is 9.55. The number of hydrogen-bond acceptors (Lipinski definition) is 2. The summed E-state index contributed by atoms with van der Waals surface area (Å²) in [4.78, 5) is 11.8. The molecule has 2 rings (SSSR count). The number of hydrogen-bond donors (Lipinski definition) is 2. The van der Waals surface area contributed by atoms with Gasteiger partial charge in [0.1, 0.15) is 0 Å². The Morgan fingerprint density at radius 3 is 2.71 bits per heavy atom. The Balaban J connectivity index is 1.55. The van der Waals surface area contributed by atoms with E-state index in [0.717, 1.165) is 50.6 Å². The molecule has 2 saturated carbocycles. The summed E-state index contributed by atoms with van der Waals surface area (Å²) in [6.45, 7) is 1.60. The lowest BCUT2D eigenvalue weighted by Crippen LogP contribution is -2.28. The summed E-state index contributed by atoms with van der Waals surface area (Å²) < 4.78 is 0. The van der Waals surface area contributed by atoms with Gasteiger partial charge < -0.3 is 11.1 Å². The largest absolute Gasteiger partial charge is 0.356 e. The predicted molar refractivity (Wildman–Crippen MR) is 69.5 cm³/mol. The molecule has 0 spiro atoms. The fourth-order valence-electron chi connectivity index (χ4n) is 3.61. The molecule has 0 aromatic rings. The van der Waals surface area contributed by atoms with E-state index in [0.29, 0.717) is 5.92 Å². The van der Waals surface area contributed by atoms with E-state index in [1.165, 1.54) is 25.7 Å². The third-order valence-corrected chi connectivity index (χ3v) is 4.54. The Labute approximate surface area is 105 Å². The van der Waals surface area contributed by atoms with Crippen molar-refractivity contribution < 1.29 is 4.79 Å². The van der Waals surface area contributed by atoms with Gasteiger partial charge in [0, 0.05) is 13.0 Å². The van der Waals surface area contributed by atoms with Crippen molar-refractivity contribution in [2.24, 2.45) is 23.5 Å². The monoisotopic (exact) mass is 238 g/mol. The van der Waals surface area contributed by atoms with Gasteiger partial charge in [-0.1, -0.05) is 12.8 Å². The lowest BCUT2D eigenvalue weighted by Gasteiger charge is -2.20. The van der Waals surface area contributed by atoms with E-state index >= 15 is 0 Å². The molecule has 0 radical (unpaired) electrons. The first-order chi connectivity index (χ1) is 8.29. The zero-order valence-corrected chi connectivity index (χ0v) is 10.8. The first kappa shape index (κ1) is 12.9. The Hall–Kier alpha value is -0.570. The molecule has 2 aliphatic rings. The number of rotatable bonds is 7. The molecule has 3 N–H and O–H groups in total. The lowest BCUT2D eigenvalue weighted by atomic mass is 9.86. The zero-order valence-electron chi connectivity index (χ0n) is 10.8. The summed E-state index contributed by atoms with van der Waals surface area (Å²) in [5.74, 6) is 2.78. The van der Waals surface area contributed by atoms with Crippen molar-refractivity contribution in [3.8, 4) is 0 Å². The summed E-state index contributed by atoms with van der Waals surface area (Å²) in [6, 6.07) is 0. The first-order valence-electron chi connectivity index (χ1n) is 7.26. The van der Waals surface area contributed by atoms with Crippen LogP contribution in [0.15, 0.2) is 0 Å². The second-order valence-corrected chi connectivity index (χ2v) is 5.84.